The second-order valence-corrected chi connectivity index (χ2v) is 7.96. The first kappa shape index (κ1) is 18.4. The van der Waals surface area contributed by atoms with Crippen LogP contribution < -0.4 is 5.32 Å². The normalized spacial score (nSPS) is 17.2. The number of benzene rings is 2. The van der Waals surface area contributed by atoms with Crippen LogP contribution in [0.4, 0.5) is 5.69 Å². The second-order valence-electron chi connectivity index (χ2n) is 6.94. The van der Waals surface area contributed by atoms with Crippen LogP contribution in [0.1, 0.15) is 36.6 Å². The summed E-state index contributed by atoms with van der Waals surface area (Å²) in [5, 5.41) is 8.73. The highest BCUT2D eigenvalue weighted by molar-refractivity contribution is 14.1. The predicted molar refractivity (Wildman–Crippen MR) is 115 cm³/mol. The van der Waals surface area contributed by atoms with Crippen LogP contribution in [0.2, 0.25) is 0 Å². The van der Waals surface area contributed by atoms with Crippen molar-refractivity contribution in [2.24, 2.45) is 0 Å². The lowest BCUT2D eigenvalue weighted by molar-refractivity contribution is -0.115. The molecular weight excluding hydrogens is 453 g/mol. The van der Waals surface area contributed by atoms with Crippen LogP contribution in [0.3, 0.4) is 0 Å². The van der Waals surface area contributed by atoms with Crippen LogP contribution in [-0.2, 0) is 16.0 Å². The van der Waals surface area contributed by atoms with Gasteiger partial charge in [-0.05, 0) is 78.1 Å². The number of fused-ring (bicyclic) bond motifs is 1. The number of halogens is 1. The van der Waals surface area contributed by atoms with Gasteiger partial charge in [-0.3, -0.25) is 4.79 Å². The summed E-state index contributed by atoms with van der Waals surface area (Å²) in [6.07, 6.45) is 3.64. The SMILES string of the molecule is Cc1ccccc1CC(=O)Nc1ccc2c(c1)c(I)nn2C1CCCCO1. The minimum absolute atomic E-state index is 0.00580. The number of hydrogen-bond donors (Lipinski definition) is 1. The Kier molecular flexibility index (Phi) is 5.45. The summed E-state index contributed by atoms with van der Waals surface area (Å²) in [5.41, 5.74) is 4.02. The minimum atomic E-state index is -0.0123. The molecule has 0 saturated carbocycles. The first-order valence-electron chi connectivity index (χ1n) is 9.25. The monoisotopic (exact) mass is 475 g/mol. The third-order valence-corrected chi connectivity index (χ3v) is 5.78. The molecule has 2 heterocycles. The Morgan fingerprint density at radius 2 is 2.15 bits per heavy atom. The van der Waals surface area contributed by atoms with Gasteiger partial charge in [0.2, 0.25) is 5.91 Å². The summed E-state index contributed by atoms with van der Waals surface area (Å²) in [6.45, 7) is 2.81. The van der Waals surface area contributed by atoms with Crippen molar-refractivity contribution in [3.8, 4) is 0 Å². The zero-order chi connectivity index (χ0) is 18.8. The number of rotatable bonds is 4. The van der Waals surface area contributed by atoms with Crippen molar-refractivity contribution >= 4 is 45.1 Å². The molecule has 27 heavy (non-hydrogen) atoms. The van der Waals surface area contributed by atoms with Crippen LogP contribution in [0.5, 0.6) is 0 Å². The lowest BCUT2D eigenvalue weighted by atomic mass is 10.1. The topological polar surface area (TPSA) is 56.2 Å². The Bertz CT molecular complexity index is 977. The number of carbonyl (C=O) groups is 1. The van der Waals surface area contributed by atoms with Crippen LogP contribution in [0.15, 0.2) is 42.5 Å². The van der Waals surface area contributed by atoms with Gasteiger partial charge in [-0.25, -0.2) is 4.68 Å². The van der Waals surface area contributed by atoms with Gasteiger partial charge in [0.15, 0.2) is 6.23 Å². The standard InChI is InChI=1S/C21H22IN3O2/c1-14-6-2-3-7-15(14)12-19(26)23-16-9-10-18-17(13-16)21(22)24-25(18)20-8-4-5-11-27-20/h2-3,6-7,9-10,13,20H,4-5,8,11-12H2,1H3,(H,23,26). The predicted octanol–water partition coefficient (Wildman–Crippen LogP) is 4.83. The third-order valence-electron chi connectivity index (χ3n) is 4.99. The van der Waals surface area contributed by atoms with E-state index in [-0.39, 0.29) is 12.1 Å². The number of carbonyl (C=O) groups excluding carboxylic acids is 1. The van der Waals surface area contributed by atoms with E-state index in [1.807, 2.05) is 54.1 Å². The highest BCUT2D eigenvalue weighted by Gasteiger charge is 2.20. The average Bonchev–Trinajstić information content (AvgIpc) is 3.01. The number of nitrogens with zero attached hydrogens (tertiary/aromatic N) is 2. The van der Waals surface area contributed by atoms with Crippen LogP contribution in [-0.4, -0.2) is 22.3 Å². The number of aromatic nitrogens is 2. The molecule has 0 spiro atoms. The van der Waals surface area contributed by atoms with E-state index in [9.17, 15) is 4.79 Å². The molecule has 1 unspecified atom stereocenters. The smallest absolute Gasteiger partial charge is 0.228 e. The maximum absolute atomic E-state index is 12.5. The Labute approximate surface area is 172 Å². The number of ether oxygens (including phenoxy) is 1. The summed E-state index contributed by atoms with van der Waals surface area (Å²) in [6, 6.07) is 13.9. The Morgan fingerprint density at radius 1 is 1.30 bits per heavy atom. The first-order valence-corrected chi connectivity index (χ1v) is 10.3. The Morgan fingerprint density at radius 3 is 2.93 bits per heavy atom. The molecule has 1 aliphatic rings. The lowest BCUT2D eigenvalue weighted by Gasteiger charge is -2.23. The fourth-order valence-corrected chi connectivity index (χ4v) is 4.17. The van der Waals surface area contributed by atoms with Crippen LogP contribution in [0.25, 0.3) is 10.9 Å². The van der Waals surface area contributed by atoms with Gasteiger partial charge in [-0.15, -0.1) is 0 Å². The summed E-state index contributed by atoms with van der Waals surface area (Å²) < 4.78 is 8.79. The van der Waals surface area contributed by atoms with Crippen molar-refractivity contribution in [2.75, 3.05) is 11.9 Å². The van der Waals surface area contributed by atoms with Gasteiger partial charge in [0.1, 0.15) is 3.70 Å². The van der Waals surface area contributed by atoms with Gasteiger partial charge >= 0.3 is 0 Å². The maximum atomic E-state index is 12.5. The van der Waals surface area contributed by atoms with Crippen molar-refractivity contribution in [3.63, 3.8) is 0 Å². The quantitative estimate of drug-likeness (QED) is 0.551. The molecule has 2 aromatic carbocycles. The molecule has 1 aliphatic heterocycles. The van der Waals surface area contributed by atoms with Gasteiger partial charge in [0, 0.05) is 17.7 Å². The summed E-state index contributed by atoms with van der Waals surface area (Å²) in [5.74, 6) is -0.0123. The van der Waals surface area contributed by atoms with Crippen molar-refractivity contribution in [1.29, 1.82) is 0 Å². The van der Waals surface area contributed by atoms with Gasteiger partial charge < -0.3 is 10.1 Å². The highest BCUT2D eigenvalue weighted by atomic mass is 127. The van der Waals surface area contributed by atoms with Crippen molar-refractivity contribution < 1.29 is 9.53 Å². The fourth-order valence-electron chi connectivity index (χ4n) is 3.50. The van der Waals surface area contributed by atoms with Crippen molar-refractivity contribution in [2.45, 2.75) is 38.8 Å². The lowest BCUT2D eigenvalue weighted by Crippen LogP contribution is -2.19. The number of hydrogen-bond acceptors (Lipinski definition) is 3. The van der Waals surface area contributed by atoms with Gasteiger partial charge in [0.25, 0.3) is 0 Å². The van der Waals surface area contributed by atoms with E-state index in [2.05, 4.69) is 33.0 Å². The van der Waals surface area contributed by atoms with E-state index in [1.54, 1.807) is 0 Å². The molecule has 0 radical (unpaired) electrons. The molecule has 5 nitrogen and oxygen atoms in total. The second kappa shape index (κ2) is 7.98. The van der Waals surface area contributed by atoms with Crippen LogP contribution >= 0.6 is 22.6 Å². The molecular formula is C21H22IN3O2. The molecule has 1 fully saturated rings. The van der Waals surface area contributed by atoms with E-state index in [0.717, 1.165) is 57.3 Å². The summed E-state index contributed by atoms with van der Waals surface area (Å²) >= 11 is 2.25. The molecule has 0 bridgehead atoms. The highest BCUT2D eigenvalue weighted by Crippen LogP contribution is 2.30. The molecule has 1 aromatic heterocycles. The number of aryl methyl sites for hydroxylation is 1. The van der Waals surface area contributed by atoms with Gasteiger partial charge in [-0.2, -0.15) is 5.10 Å². The van der Waals surface area contributed by atoms with E-state index < -0.39 is 0 Å². The van der Waals surface area contributed by atoms with Crippen molar-refractivity contribution in [3.05, 3.63) is 57.3 Å². The minimum Gasteiger partial charge on any atom is -0.356 e. The molecule has 1 N–H and O–H groups in total. The van der Waals surface area contributed by atoms with Gasteiger partial charge in [-0.1, -0.05) is 24.3 Å². The Balaban J connectivity index is 1.54. The molecule has 0 aliphatic carbocycles. The number of amides is 1. The van der Waals surface area contributed by atoms with E-state index in [0.29, 0.717) is 6.42 Å². The number of anilines is 1. The molecule has 140 valence electrons. The van der Waals surface area contributed by atoms with Crippen LogP contribution in [0, 0.1) is 10.6 Å². The molecule has 1 amide bonds. The van der Waals surface area contributed by atoms with E-state index in [4.69, 9.17) is 4.74 Å². The van der Waals surface area contributed by atoms with E-state index in [1.165, 1.54) is 0 Å². The zero-order valence-electron chi connectivity index (χ0n) is 15.2. The average molecular weight is 475 g/mol. The van der Waals surface area contributed by atoms with E-state index >= 15 is 0 Å². The molecule has 6 heteroatoms. The number of nitrogens with one attached hydrogen (secondary N) is 1. The van der Waals surface area contributed by atoms with Gasteiger partial charge in [0.05, 0.1) is 11.9 Å². The molecule has 3 aromatic rings. The largest absolute Gasteiger partial charge is 0.356 e. The molecule has 1 atom stereocenters. The van der Waals surface area contributed by atoms with Crippen molar-refractivity contribution in [1.82, 2.24) is 9.78 Å². The molecule has 1 saturated heterocycles. The summed E-state index contributed by atoms with van der Waals surface area (Å²) in [7, 11) is 0. The Hall–Kier alpha value is -1.93. The fraction of sp³-hybridized carbons (Fsp3) is 0.333. The first-order chi connectivity index (χ1) is 13.1. The zero-order valence-corrected chi connectivity index (χ0v) is 17.4. The maximum Gasteiger partial charge on any atom is 0.228 e. The molecule has 4 rings (SSSR count). The third kappa shape index (κ3) is 4.01. The summed E-state index contributed by atoms with van der Waals surface area (Å²) in [4.78, 5) is 12.5.